The molecule has 0 saturated carbocycles. The minimum absolute atomic E-state index is 0.0933. The number of hydrogen-bond acceptors (Lipinski definition) is 4. The van der Waals surface area contributed by atoms with Crippen LogP contribution < -0.4 is 10.6 Å². The number of benzene rings is 1. The summed E-state index contributed by atoms with van der Waals surface area (Å²) in [6.07, 6.45) is 1.65. The van der Waals surface area contributed by atoms with Crippen LogP contribution in [0.4, 0.5) is 5.69 Å². The number of fused-ring (bicyclic) bond motifs is 4. The molecule has 4 atom stereocenters. The molecule has 3 heterocycles. The molecule has 0 aromatic heterocycles. The molecule has 144 valence electrons. The Bertz CT molecular complexity index is 840. The highest BCUT2D eigenvalue weighted by atomic mass is 35.5. The van der Waals surface area contributed by atoms with Gasteiger partial charge in [-0.15, -0.1) is 0 Å². The molecule has 1 aromatic rings. The Morgan fingerprint density at radius 2 is 1.96 bits per heavy atom. The molecule has 3 aliphatic rings. The summed E-state index contributed by atoms with van der Waals surface area (Å²) in [5, 5.41) is 6.78. The smallest absolute Gasteiger partial charge is 0.250 e. The van der Waals surface area contributed by atoms with Crippen LogP contribution in [-0.2, 0) is 19.9 Å². The van der Waals surface area contributed by atoms with Gasteiger partial charge >= 0.3 is 0 Å². The molecule has 0 unspecified atom stereocenters. The number of anilines is 1. The largest absolute Gasteiger partial charge is 0.324 e. The fourth-order valence-electron chi connectivity index (χ4n) is 4.88. The van der Waals surface area contributed by atoms with Gasteiger partial charge in [0.2, 0.25) is 17.7 Å². The van der Waals surface area contributed by atoms with Crippen molar-refractivity contribution in [3.63, 3.8) is 0 Å². The predicted molar refractivity (Wildman–Crippen MR) is 102 cm³/mol. The molecule has 6 nitrogen and oxygen atoms in total. The Balaban J connectivity index is 1.86. The van der Waals surface area contributed by atoms with Gasteiger partial charge in [0.05, 0.1) is 11.8 Å². The number of hydrogen-bond donors (Lipinski definition) is 2. The van der Waals surface area contributed by atoms with Crippen LogP contribution in [0.25, 0.3) is 0 Å². The van der Waals surface area contributed by atoms with Crippen LogP contribution in [0.3, 0.4) is 0 Å². The Morgan fingerprint density at radius 1 is 1.22 bits per heavy atom. The summed E-state index contributed by atoms with van der Waals surface area (Å²) in [4.78, 5) is 41.0. The van der Waals surface area contributed by atoms with Crippen LogP contribution in [0.15, 0.2) is 18.2 Å². The van der Waals surface area contributed by atoms with Crippen molar-refractivity contribution >= 4 is 35.0 Å². The Labute approximate surface area is 163 Å². The van der Waals surface area contributed by atoms with Gasteiger partial charge in [0, 0.05) is 28.9 Å². The van der Waals surface area contributed by atoms with Gasteiger partial charge in [-0.2, -0.15) is 0 Å². The van der Waals surface area contributed by atoms with Crippen molar-refractivity contribution in [2.75, 3.05) is 11.9 Å². The zero-order chi connectivity index (χ0) is 19.5. The molecule has 7 heteroatoms. The number of likely N-dealkylation sites (tertiary alicyclic amines) is 1. The average molecular weight is 390 g/mol. The highest BCUT2D eigenvalue weighted by molar-refractivity contribution is 6.31. The number of nitrogens with zero attached hydrogens (tertiary/aromatic N) is 1. The fourth-order valence-corrected chi connectivity index (χ4v) is 5.05. The molecule has 0 radical (unpaired) electrons. The number of unbranched alkanes of at least 4 members (excludes halogenated alkanes) is 1. The van der Waals surface area contributed by atoms with E-state index in [2.05, 4.69) is 10.6 Å². The first-order chi connectivity index (χ1) is 12.8. The van der Waals surface area contributed by atoms with E-state index in [1.54, 1.807) is 18.2 Å². The van der Waals surface area contributed by atoms with E-state index in [0.717, 1.165) is 12.8 Å². The van der Waals surface area contributed by atoms with E-state index in [1.807, 2.05) is 20.8 Å². The van der Waals surface area contributed by atoms with E-state index >= 15 is 0 Å². The Kier molecular flexibility index (Phi) is 4.31. The topological polar surface area (TPSA) is 78.5 Å². The summed E-state index contributed by atoms with van der Waals surface area (Å²) in [6, 6.07) is 4.93. The standard InChI is InChI=1S/C20H24ClN3O3/c1-4-5-8-24-17(25)14-15(18(24)26)20(23-16(14)10(2)3)12-9-11(21)6-7-13(12)22-19(20)27/h6-7,9-10,14-16,23H,4-5,8H2,1-3H3,(H,22,27)/t14-,15-,16+,20+/m0/s1. The van der Waals surface area contributed by atoms with Crippen LogP contribution in [-0.4, -0.2) is 35.2 Å². The molecule has 2 saturated heterocycles. The minimum atomic E-state index is -1.24. The highest BCUT2D eigenvalue weighted by Crippen LogP contribution is 2.54. The van der Waals surface area contributed by atoms with Crippen LogP contribution in [0.1, 0.15) is 39.2 Å². The molecule has 0 aliphatic carbocycles. The SMILES string of the molecule is CCCCN1C(=O)[C@@H]2[C@@H](C(C)C)N[C@@]3(C(=O)Nc4ccc(Cl)cc43)[C@@H]2C1=O. The molecule has 3 amide bonds. The number of rotatable bonds is 4. The fraction of sp³-hybridized carbons (Fsp3) is 0.550. The normalized spacial score (nSPS) is 31.8. The molecule has 1 spiro atoms. The lowest BCUT2D eigenvalue weighted by atomic mass is 9.76. The predicted octanol–water partition coefficient (Wildman–Crippen LogP) is 2.52. The molecule has 2 N–H and O–H groups in total. The van der Waals surface area contributed by atoms with Crippen molar-refractivity contribution in [2.45, 2.75) is 45.2 Å². The van der Waals surface area contributed by atoms with Crippen molar-refractivity contribution in [1.82, 2.24) is 10.2 Å². The zero-order valence-electron chi connectivity index (χ0n) is 15.7. The number of carbonyl (C=O) groups is 3. The molecule has 27 heavy (non-hydrogen) atoms. The van der Waals surface area contributed by atoms with Crippen LogP contribution in [0, 0.1) is 17.8 Å². The summed E-state index contributed by atoms with van der Waals surface area (Å²) < 4.78 is 0. The number of halogens is 1. The second-order valence-electron chi connectivity index (χ2n) is 8.05. The van der Waals surface area contributed by atoms with Gasteiger partial charge in [-0.1, -0.05) is 38.8 Å². The average Bonchev–Trinajstić information content (AvgIpc) is 3.20. The summed E-state index contributed by atoms with van der Waals surface area (Å²) in [7, 11) is 0. The van der Waals surface area contributed by atoms with Gasteiger partial charge in [0.15, 0.2) is 0 Å². The quantitative estimate of drug-likeness (QED) is 0.775. The van der Waals surface area contributed by atoms with Gasteiger partial charge in [0.1, 0.15) is 5.54 Å². The summed E-state index contributed by atoms with van der Waals surface area (Å²) in [6.45, 7) is 6.44. The summed E-state index contributed by atoms with van der Waals surface area (Å²) >= 11 is 6.21. The lowest BCUT2D eigenvalue weighted by Gasteiger charge is -2.30. The monoisotopic (exact) mass is 389 g/mol. The van der Waals surface area contributed by atoms with Crippen molar-refractivity contribution in [1.29, 1.82) is 0 Å². The van der Waals surface area contributed by atoms with Gasteiger partial charge in [-0.25, -0.2) is 0 Å². The van der Waals surface area contributed by atoms with E-state index in [-0.39, 0.29) is 29.7 Å². The van der Waals surface area contributed by atoms with Gasteiger partial charge in [0.25, 0.3) is 0 Å². The van der Waals surface area contributed by atoms with E-state index < -0.39 is 17.4 Å². The third kappa shape index (κ3) is 2.39. The van der Waals surface area contributed by atoms with Crippen LogP contribution in [0.2, 0.25) is 5.02 Å². The van der Waals surface area contributed by atoms with Crippen LogP contribution in [0.5, 0.6) is 0 Å². The van der Waals surface area contributed by atoms with Gasteiger partial charge in [-0.05, 0) is 30.5 Å². The molecule has 2 fully saturated rings. The van der Waals surface area contributed by atoms with Crippen LogP contribution >= 0.6 is 11.6 Å². The number of nitrogens with one attached hydrogen (secondary N) is 2. The van der Waals surface area contributed by atoms with Gasteiger partial charge < -0.3 is 5.32 Å². The molecule has 1 aromatic carbocycles. The summed E-state index contributed by atoms with van der Waals surface area (Å²) in [5.74, 6) is -1.88. The van der Waals surface area contributed by atoms with Crippen molar-refractivity contribution < 1.29 is 14.4 Å². The Morgan fingerprint density at radius 3 is 2.63 bits per heavy atom. The first-order valence-corrected chi connectivity index (χ1v) is 9.95. The second kappa shape index (κ2) is 6.31. The van der Waals surface area contributed by atoms with E-state index in [0.29, 0.717) is 22.8 Å². The van der Waals surface area contributed by atoms with Crippen molar-refractivity contribution in [2.24, 2.45) is 17.8 Å². The van der Waals surface area contributed by atoms with E-state index in [9.17, 15) is 14.4 Å². The highest BCUT2D eigenvalue weighted by Gasteiger charge is 2.70. The number of imide groups is 1. The lowest BCUT2D eigenvalue weighted by Crippen LogP contribution is -2.54. The third-order valence-electron chi connectivity index (χ3n) is 6.16. The lowest BCUT2D eigenvalue weighted by molar-refractivity contribution is -0.143. The molecular formula is C20H24ClN3O3. The maximum atomic E-state index is 13.3. The maximum Gasteiger partial charge on any atom is 0.250 e. The molecule has 0 bridgehead atoms. The first-order valence-electron chi connectivity index (χ1n) is 9.57. The van der Waals surface area contributed by atoms with Gasteiger partial charge in [-0.3, -0.25) is 24.6 Å². The second-order valence-corrected chi connectivity index (χ2v) is 8.49. The number of carbonyl (C=O) groups excluding carboxylic acids is 3. The molecule has 3 aliphatic heterocycles. The van der Waals surface area contributed by atoms with E-state index in [1.165, 1.54) is 4.90 Å². The first kappa shape index (κ1) is 18.4. The van der Waals surface area contributed by atoms with Crippen molar-refractivity contribution in [3.05, 3.63) is 28.8 Å². The maximum absolute atomic E-state index is 13.3. The van der Waals surface area contributed by atoms with E-state index in [4.69, 9.17) is 11.6 Å². The van der Waals surface area contributed by atoms with Crippen molar-refractivity contribution in [3.8, 4) is 0 Å². The minimum Gasteiger partial charge on any atom is -0.324 e. The summed E-state index contributed by atoms with van der Waals surface area (Å²) in [5.41, 5.74) is 0.0667. The zero-order valence-corrected chi connectivity index (χ0v) is 16.5. The Hall–Kier alpha value is -1.92. The molecule has 4 rings (SSSR count). The molecular weight excluding hydrogens is 366 g/mol. The third-order valence-corrected chi connectivity index (χ3v) is 6.39. The number of amides is 3.